The van der Waals surface area contributed by atoms with E-state index in [-0.39, 0.29) is 18.1 Å². The fraction of sp³-hybridized carbons (Fsp3) is 0.133. The molecule has 18 heavy (non-hydrogen) atoms. The summed E-state index contributed by atoms with van der Waals surface area (Å²) >= 11 is 0. The number of esters is 1. The number of phenols is 1. The highest BCUT2D eigenvalue weighted by molar-refractivity contribution is 5.85. The van der Waals surface area contributed by atoms with Gasteiger partial charge in [0.05, 0.1) is 7.11 Å². The molecule has 0 bridgehead atoms. The minimum absolute atomic E-state index is 0.0780. The fourth-order valence-corrected chi connectivity index (χ4v) is 1.60. The van der Waals surface area contributed by atoms with E-state index in [0.29, 0.717) is 0 Å². The van der Waals surface area contributed by atoms with Crippen LogP contribution >= 0.6 is 0 Å². The van der Waals surface area contributed by atoms with Gasteiger partial charge in [-0.05, 0) is 35.0 Å². The van der Waals surface area contributed by atoms with Crippen LogP contribution in [0.5, 0.6) is 5.75 Å². The van der Waals surface area contributed by atoms with Crippen LogP contribution in [0.15, 0.2) is 36.4 Å². The Bertz CT molecular complexity index is 648. The summed E-state index contributed by atoms with van der Waals surface area (Å²) in [5, 5.41) is 11.4. The van der Waals surface area contributed by atoms with Crippen molar-refractivity contribution in [2.45, 2.75) is 6.42 Å². The summed E-state index contributed by atoms with van der Waals surface area (Å²) < 4.78 is 4.50. The molecule has 3 heteroatoms. The molecular formula is C15H12O3. The monoisotopic (exact) mass is 240 g/mol. The Morgan fingerprint density at radius 1 is 1.22 bits per heavy atom. The maximum absolute atomic E-state index is 10.9. The molecule has 3 nitrogen and oxygen atoms in total. The molecule has 1 N–H and O–H groups in total. The molecule has 0 aromatic heterocycles. The van der Waals surface area contributed by atoms with Crippen LogP contribution < -0.4 is 0 Å². The van der Waals surface area contributed by atoms with Gasteiger partial charge >= 0.3 is 5.97 Å². The van der Waals surface area contributed by atoms with Crippen molar-refractivity contribution in [1.82, 2.24) is 0 Å². The predicted molar refractivity (Wildman–Crippen MR) is 69.1 cm³/mol. The van der Waals surface area contributed by atoms with E-state index < -0.39 is 0 Å². The number of benzene rings is 2. The molecule has 0 aliphatic carbocycles. The zero-order chi connectivity index (χ0) is 13.0. The number of phenolic OH excluding ortho intramolecular Hbond substituents is 1. The van der Waals surface area contributed by atoms with Gasteiger partial charge in [0.2, 0.25) is 0 Å². The standard InChI is InChI=1S/C15H12O3/c1-18-15(17)4-2-3-11-5-6-12-7-8-14(16)10-13(12)9-11/h5-10,16H,4H2,1H3. The van der Waals surface area contributed by atoms with Crippen molar-refractivity contribution in [2.24, 2.45) is 0 Å². The van der Waals surface area contributed by atoms with Crippen molar-refractivity contribution in [3.05, 3.63) is 42.0 Å². The molecule has 0 aliphatic heterocycles. The number of ether oxygens (including phenoxy) is 1. The van der Waals surface area contributed by atoms with Gasteiger partial charge in [0, 0.05) is 5.56 Å². The first-order valence-corrected chi connectivity index (χ1v) is 5.47. The largest absolute Gasteiger partial charge is 0.508 e. The van der Waals surface area contributed by atoms with E-state index in [0.717, 1.165) is 16.3 Å². The summed E-state index contributed by atoms with van der Waals surface area (Å²) in [5.74, 6) is 5.51. The van der Waals surface area contributed by atoms with Gasteiger partial charge in [-0.15, -0.1) is 0 Å². The highest BCUT2D eigenvalue weighted by Crippen LogP contribution is 2.20. The third kappa shape index (κ3) is 2.80. The molecule has 0 saturated carbocycles. The van der Waals surface area contributed by atoms with Crippen molar-refractivity contribution in [3.63, 3.8) is 0 Å². The number of methoxy groups -OCH3 is 1. The summed E-state index contributed by atoms with van der Waals surface area (Å²) in [6.07, 6.45) is 0.0780. The number of carbonyl (C=O) groups is 1. The lowest BCUT2D eigenvalue weighted by Gasteiger charge is -1.99. The van der Waals surface area contributed by atoms with E-state index >= 15 is 0 Å². The lowest BCUT2D eigenvalue weighted by Crippen LogP contribution is -1.96. The minimum Gasteiger partial charge on any atom is -0.508 e. The number of rotatable bonds is 1. The third-order valence-corrected chi connectivity index (χ3v) is 2.52. The summed E-state index contributed by atoms with van der Waals surface area (Å²) in [4.78, 5) is 10.9. The Balaban J connectivity index is 2.27. The van der Waals surface area contributed by atoms with Crippen LogP contribution in [0.1, 0.15) is 12.0 Å². The second kappa shape index (κ2) is 5.24. The molecule has 0 aliphatic rings. The highest BCUT2D eigenvalue weighted by Gasteiger charge is 1.97. The normalized spacial score (nSPS) is 9.61. The topological polar surface area (TPSA) is 46.5 Å². The molecule has 0 spiro atoms. The third-order valence-electron chi connectivity index (χ3n) is 2.52. The molecule has 2 aromatic rings. The van der Waals surface area contributed by atoms with Crippen LogP contribution in [0.4, 0.5) is 0 Å². The van der Waals surface area contributed by atoms with Crippen LogP contribution in [0, 0.1) is 11.8 Å². The number of hydrogen-bond donors (Lipinski definition) is 1. The van der Waals surface area contributed by atoms with Crippen LogP contribution in [-0.4, -0.2) is 18.2 Å². The maximum Gasteiger partial charge on any atom is 0.317 e. The van der Waals surface area contributed by atoms with E-state index in [4.69, 9.17) is 0 Å². The van der Waals surface area contributed by atoms with Gasteiger partial charge in [0.25, 0.3) is 0 Å². The lowest BCUT2D eigenvalue weighted by atomic mass is 10.1. The van der Waals surface area contributed by atoms with Crippen LogP contribution in [-0.2, 0) is 9.53 Å². The van der Waals surface area contributed by atoms with Gasteiger partial charge in [-0.1, -0.05) is 24.0 Å². The average Bonchev–Trinajstić information content (AvgIpc) is 2.38. The van der Waals surface area contributed by atoms with E-state index in [2.05, 4.69) is 16.6 Å². The summed E-state index contributed by atoms with van der Waals surface area (Å²) in [6.45, 7) is 0. The van der Waals surface area contributed by atoms with E-state index in [9.17, 15) is 9.90 Å². The number of aromatic hydroxyl groups is 1. The van der Waals surface area contributed by atoms with Gasteiger partial charge in [0.1, 0.15) is 12.2 Å². The van der Waals surface area contributed by atoms with Crippen LogP contribution in [0.2, 0.25) is 0 Å². The maximum atomic E-state index is 10.9. The summed E-state index contributed by atoms with van der Waals surface area (Å²) in [7, 11) is 1.34. The quantitative estimate of drug-likeness (QED) is 0.615. The molecule has 0 heterocycles. The smallest absolute Gasteiger partial charge is 0.317 e. The SMILES string of the molecule is COC(=O)CC#Cc1ccc2ccc(O)cc2c1. The van der Waals surface area contributed by atoms with Crippen LogP contribution in [0.25, 0.3) is 10.8 Å². The van der Waals surface area contributed by atoms with Crippen LogP contribution in [0.3, 0.4) is 0 Å². The van der Waals surface area contributed by atoms with Crippen molar-refractivity contribution in [1.29, 1.82) is 0 Å². The molecule has 0 atom stereocenters. The Labute approximate surface area is 105 Å². The first-order chi connectivity index (χ1) is 8.69. The molecule has 0 saturated heterocycles. The Kier molecular flexibility index (Phi) is 3.49. The lowest BCUT2D eigenvalue weighted by molar-refractivity contribution is -0.139. The zero-order valence-electron chi connectivity index (χ0n) is 9.93. The number of carbonyl (C=O) groups excluding carboxylic acids is 1. The summed E-state index contributed by atoms with van der Waals surface area (Å²) in [5.41, 5.74) is 0.803. The number of hydrogen-bond acceptors (Lipinski definition) is 3. The minimum atomic E-state index is -0.346. The molecule has 0 amide bonds. The van der Waals surface area contributed by atoms with Crippen molar-refractivity contribution >= 4 is 16.7 Å². The van der Waals surface area contributed by atoms with Gasteiger partial charge in [0.15, 0.2) is 0 Å². The Hall–Kier alpha value is -2.47. The molecule has 0 radical (unpaired) electrons. The molecule has 0 fully saturated rings. The second-order valence-electron chi connectivity index (χ2n) is 3.80. The van der Waals surface area contributed by atoms with Gasteiger partial charge in [-0.2, -0.15) is 0 Å². The van der Waals surface area contributed by atoms with Gasteiger partial charge in [-0.25, -0.2) is 0 Å². The predicted octanol–water partition coefficient (Wildman–Crippen LogP) is 2.46. The summed E-state index contributed by atoms with van der Waals surface area (Å²) in [6, 6.07) is 10.8. The molecule has 2 aromatic carbocycles. The highest BCUT2D eigenvalue weighted by atomic mass is 16.5. The van der Waals surface area contributed by atoms with E-state index in [1.54, 1.807) is 12.1 Å². The first-order valence-electron chi connectivity index (χ1n) is 5.47. The Morgan fingerprint density at radius 3 is 2.78 bits per heavy atom. The van der Waals surface area contributed by atoms with Gasteiger partial charge in [-0.3, -0.25) is 4.79 Å². The number of fused-ring (bicyclic) bond motifs is 1. The Morgan fingerprint density at radius 2 is 2.00 bits per heavy atom. The zero-order valence-corrected chi connectivity index (χ0v) is 9.93. The first kappa shape index (κ1) is 12.0. The second-order valence-corrected chi connectivity index (χ2v) is 3.80. The van der Waals surface area contributed by atoms with Crippen molar-refractivity contribution in [3.8, 4) is 17.6 Å². The fourth-order valence-electron chi connectivity index (χ4n) is 1.60. The molecule has 90 valence electrons. The van der Waals surface area contributed by atoms with E-state index in [1.807, 2.05) is 24.3 Å². The van der Waals surface area contributed by atoms with Crippen molar-refractivity contribution < 1.29 is 14.6 Å². The van der Waals surface area contributed by atoms with Crippen molar-refractivity contribution in [2.75, 3.05) is 7.11 Å². The molecule has 2 rings (SSSR count). The van der Waals surface area contributed by atoms with E-state index in [1.165, 1.54) is 7.11 Å². The average molecular weight is 240 g/mol. The molecular weight excluding hydrogens is 228 g/mol. The molecule has 0 unspecified atom stereocenters. The van der Waals surface area contributed by atoms with Gasteiger partial charge < -0.3 is 9.84 Å².